The molecule has 0 unspecified atom stereocenters. The van der Waals surface area contributed by atoms with Crippen LogP contribution in [0.4, 0.5) is 4.79 Å². The van der Waals surface area contributed by atoms with Gasteiger partial charge in [0, 0.05) is 21.0 Å². The Morgan fingerprint density at radius 2 is 1.89 bits per heavy atom. The molecule has 2 rings (SSSR count). The van der Waals surface area contributed by atoms with E-state index >= 15 is 0 Å². The SMILES string of the molecule is O=C1NC(=O)C(N=NC2=IN([O-])C=CC=C2)C(=O)N1. The first-order chi connectivity index (χ1) is 9.06. The van der Waals surface area contributed by atoms with Gasteiger partial charge < -0.3 is 8.48 Å². The normalized spacial score (nSPS) is 20.8. The molecule has 4 amide bonds. The zero-order valence-electron chi connectivity index (χ0n) is 9.24. The molecule has 19 heavy (non-hydrogen) atoms. The van der Waals surface area contributed by atoms with Crippen molar-refractivity contribution in [3.05, 3.63) is 29.6 Å². The predicted octanol–water partition coefficient (Wildman–Crippen LogP) is 0.0721. The van der Waals surface area contributed by atoms with Crippen molar-refractivity contribution in [1.82, 2.24) is 13.9 Å². The quantitative estimate of drug-likeness (QED) is 0.305. The largest absolute Gasteiger partial charge is 0.750 e. The number of carbonyl (C=O) groups is 3. The number of nitrogens with zero attached hydrogens (tertiary/aromatic N) is 3. The maximum atomic E-state index is 11.4. The number of rotatable bonds is 2. The first-order valence-electron chi connectivity index (χ1n) is 4.96. The molecule has 10 heteroatoms. The van der Waals surface area contributed by atoms with Crippen molar-refractivity contribution in [3.63, 3.8) is 0 Å². The van der Waals surface area contributed by atoms with Crippen LogP contribution < -0.4 is 10.6 Å². The Morgan fingerprint density at radius 1 is 1.21 bits per heavy atom. The minimum absolute atomic E-state index is 0.399. The van der Waals surface area contributed by atoms with Crippen LogP contribution in [0.3, 0.4) is 0 Å². The second-order valence-corrected chi connectivity index (χ2v) is 5.84. The number of hydroxylamine groups is 1. The molecule has 1 saturated heterocycles. The van der Waals surface area contributed by atoms with Gasteiger partial charge in [-0.3, -0.25) is 20.2 Å². The highest BCUT2D eigenvalue weighted by molar-refractivity contribution is 14.2. The molecule has 2 aliphatic heterocycles. The lowest BCUT2D eigenvalue weighted by atomic mass is 10.2. The molecule has 2 N–H and O–H groups in total. The fourth-order valence-electron chi connectivity index (χ4n) is 1.17. The number of halogens is 1. The van der Waals surface area contributed by atoms with Gasteiger partial charge in [-0.05, 0) is 18.4 Å². The smallest absolute Gasteiger partial charge is 0.328 e. The number of allylic oxidation sites excluding steroid dienone is 2. The highest BCUT2D eigenvalue weighted by Crippen LogP contribution is 2.14. The summed E-state index contributed by atoms with van der Waals surface area (Å²) >= 11 is -1.08. The van der Waals surface area contributed by atoms with Gasteiger partial charge in [0.05, 0.1) is 0 Å². The highest BCUT2D eigenvalue weighted by atomic mass is 127. The van der Waals surface area contributed by atoms with Crippen molar-refractivity contribution in [2.24, 2.45) is 10.2 Å². The lowest BCUT2D eigenvalue weighted by Gasteiger charge is -2.18. The monoisotopic (exact) mass is 376 g/mol. The third-order valence-corrected chi connectivity index (χ3v) is 3.82. The van der Waals surface area contributed by atoms with Gasteiger partial charge in [0.25, 0.3) is 11.8 Å². The van der Waals surface area contributed by atoms with Gasteiger partial charge in [0.1, 0.15) is 3.63 Å². The summed E-state index contributed by atoms with van der Waals surface area (Å²) in [5, 5.41) is 22.3. The van der Waals surface area contributed by atoms with E-state index in [1.165, 1.54) is 6.20 Å². The summed E-state index contributed by atoms with van der Waals surface area (Å²) in [6, 6.07) is -2.30. The van der Waals surface area contributed by atoms with Crippen LogP contribution in [0.2, 0.25) is 0 Å². The lowest BCUT2D eigenvalue weighted by molar-refractivity contribution is -0.131. The van der Waals surface area contributed by atoms with E-state index in [-0.39, 0.29) is 0 Å². The van der Waals surface area contributed by atoms with Gasteiger partial charge in [-0.25, -0.2) is 4.79 Å². The number of amides is 4. The standard InChI is InChI=1S/C9H7IN5O4/c16-7-6(8(17)12-9(18)11-7)14-13-5-3-1-2-4-15(19)10-5/h1-4,6H,(H2,11,12,16,17,18)/q-1. The second-order valence-electron chi connectivity index (χ2n) is 3.31. The topological polar surface area (TPSA) is 126 Å². The molecule has 0 bridgehead atoms. The van der Waals surface area contributed by atoms with Crippen LogP contribution in [0.25, 0.3) is 0 Å². The maximum Gasteiger partial charge on any atom is 0.328 e. The molecule has 100 valence electrons. The zero-order valence-corrected chi connectivity index (χ0v) is 11.4. The molecule has 0 spiro atoms. The van der Waals surface area contributed by atoms with Gasteiger partial charge in [0.2, 0.25) is 6.04 Å². The van der Waals surface area contributed by atoms with Crippen molar-refractivity contribution < 1.29 is 14.4 Å². The molecule has 0 atom stereocenters. The second kappa shape index (κ2) is 5.79. The van der Waals surface area contributed by atoms with Gasteiger partial charge >= 0.3 is 6.03 Å². The average molecular weight is 376 g/mol. The minimum atomic E-state index is -1.42. The summed E-state index contributed by atoms with van der Waals surface area (Å²) in [6.07, 6.45) is 6.09. The Hall–Kier alpha value is -1.95. The molecule has 9 nitrogen and oxygen atoms in total. The molecule has 1 fully saturated rings. The predicted molar refractivity (Wildman–Crippen MR) is 72.8 cm³/mol. The molecule has 0 radical (unpaired) electrons. The lowest BCUT2D eigenvalue weighted by Crippen LogP contribution is -2.57. The third-order valence-electron chi connectivity index (χ3n) is 1.96. The summed E-state index contributed by atoms with van der Waals surface area (Å²) in [6.45, 7) is 0. The van der Waals surface area contributed by atoms with Gasteiger partial charge in [0.15, 0.2) is 0 Å². The van der Waals surface area contributed by atoms with Crippen molar-refractivity contribution in [2.75, 3.05) is 0 Å². The number of carbonyl (C=O) groups excluding carboxylic acids is 3. The number of hydrogen-bond donors (Lipinski definition) is 2. The van der Waals surface area contributed by atoms with E-state index in [2.05, 4.69) is 10.2 Å². The number of imide groups is 2. The molecule has 2 aliphatic rings. The number of urea groups is 1. The Labute approximate surface area is 117 Å². The molecule has 0 aromatic heterocycles. The maximum absolute atomic E-state index is 11.4. The fraction of sp³-hybridized carbons (Fsp3) is 0.111. The van der Waals surface area contributed by atoms with E-state index in [4.69, 9.17) is 0 Å². The highest BCUT2D eigenvalue weighted by Gasteiger charge is 2.34. The average Bonchev–Trinajstić information content (AvgIpc) is 2.52. The summed E-state index contributed by atoms with van der Waals surface area (Å²) in [4.78, 5) is 33.6. The number of azo groups is 1. The molecule has 2 heterocycles. The van der Waals surface area contributed by atoms with Crippen LogP contribution in [0.1, 0.15) is 0 Å². The van der Waals surface area contributed by atoms with Crippen LogP contribution in [0.15, 0.2) is 34.7 Å². The summed E-state index contributed by atoms with van der Waals surface area (Å²) < 4.78 is 1.13. The Kier molecular flexibility index (Phi) is 4.11. The van der Waals surface area contributed by atoms with Crippen LogP contribution >= 0.6 is 21.0 Å². The van der Waals surface area contributed by atoms with E-state index < -0.39 is 44.9 Å². The van der Waals surface area contributed by atoms with Crippen molar-refractivity contribution >= 4 is 42.5 Å². The number of nitrogens with one attached hydrogen (secondary N) is 2. The van der Waals surface area contributed by atoms with Crippen LogP contribution in [-0.4, -0.2) is 30.8 Å². The molecular formula is C9H7IN5O4-. The summed E-state index contributed by atoms with van der Waals surface area (Å²) in [7, 11) is 0. The molecule has 0 aromatic carbocycles. The Balaban J connectivity index is 2.12. The summed E-state index contributed by atoms with van der Waals surface area (Å²) in [5.74, 6) is -1.68. The van der Waals surface area contributed by atoms with Gasteiger partial charge in [-0.1, -0.05) is 6.08 Å². The fourth-order valence-corrected chi connectivity index (χ4v) is 2.60. The van der Waals surface area contributed by atoms with Crippen LogP contribution in [0, 0.1) is 5.21 Å². The number of barbiturate groups is 1. The van der Waals surface area contributed by atoms with E-state index in [0.717, 1.165) is 3.28 Å². The molecule has 0 aliphatic carbocycles. The summed E-state index contributed by atoms with van der Waals surface area (Å²) in [5.41, 5.74) is 0. The van der Waals surface area contributed by atoms with E-state index in [1.54, 1.807) is 18.2 Å². The first kappa shape index (κ1) is 13.5. The van der Waals surface area contributed by atoms with Gasteiger partial charge in [-0.2, -0.15) is 5.11 Å². The van der Waals surface area contributed by atoms with Crippen molar-refractivity contribution in [1.29, 1.82) is 0 Å². The van der Waals surface area contributed by atoms with E-state index in [9.17, 15) is 19.6 Å². The Bertz CT molecular complexity index is 533. The van der Waals surface area contributed by atoms with Crippen LogP contribution in [0.5, 0.6) is 0 Å². The van der Waals surface area contributed by atoms with Crippen LogP contribution in [-0.2, 0) is 9.59 Å². The molecular weight excluding hydrogens is 369 g/mol. The number of hydrogen-bond acceptors (Lipinski definition) is 7. The van der Waals surface area contributed by atoms with E-state index in [0.29, 0.717) is 3.63 Å². The molecule has 0 aromatic rings. The van der Waals surface area contributed by atoms with Gasteiger partial charge in [-0.15, -0.1) is 5.11 Å². The minimum Gasteiger partial charge on any atom is -0.750 e. The molecule has 0 saturated carbocycles. The third kappa shape index (κ3) is 3.51. The van der Waals surface area contributed by atoms with Crippen molar-refractivity contribution in [3.8, 4) is 0 Å². The zero-order chi connectivity index (χ0) is 13.8. The van der Waals surface area contributed by atoms with E-state index in [1.807, 2.05) is 10.6 Å². The Morgan fingerprint density at radius 3 is 2.58 bits per heavy atom. The van der Waals surface area contributed by atoms with Crippen molar-refractivity contribution in [2.45, 2.75) is 6.04 Å². The first-order valence-corrected chi connectivity index (χ1v) is 7.00.